The molecule has 0 unspecified atom stereocenters. The number of benzene rings is 1. The van der Waals surface area contributed by atoms with Crippen LogP contribution in [-0.4, -0.2) is 65.5 Å². The number of aliphatic imine (C=N–C) groups is 1. The molecule has 4 aliphatic rings. The Morgan fingerprint density at radius 3 is 2.71 bits per heavy atom. The molecule has 9 heteroatoms. The average molecular weight is 500 g/mol. The lowest BCUT2D eigenvalue weighted by Crippen LogP contribution is -2.46. The van der Waals surface area contributed by atoms with Crippen molar-refractivity contribution in [2.75, 3.05) is 19.6 Å². The maximum Gasteiger partial charge on any atom is 0.258 e. The van der Waals surface area contributed by atoms with Crippen LogP contribution < -0.4 is 10.1 Å². The maximum absolute atomic E-state index is 14.2. The predicted octanol–water partition coefficient (Wildman–Crippen LogP) is 4.44. The van der Waals surface area contributed by atoms with E-state index in [1.165, 1.54) is 31.0 Å². The molecule has 1 aromatic rings. The molecule has 3 atom stereocenters. The van der Waals surface area contributed by atoms with Crippen molar-refractivity contribution in [3.05, 3.63) is 51.7 Å². The minimum absolute atomic E-state index is 0.0381. The number of rotatable bonds is 5. The monoisotopic (exact) mass is 499 g/mol. The fourth-order valence-electron chi connectivity index (χ4n) is 5.69. The van der Waals surface area contributed by atoms with Crippen molar-refractivity contribution in [3.8, 4) is 5.75 Å². The highest BCUT2D eigenvalue weighted by atomic mass is 35.5. The van der Waals surface area contributed by atoms with Crippen LogP contribution in [0.25, 0.3) is 0 Å². The van der Waals surface area contributed by atoms with Gasteiger partial charge in [0.1, 0.15) is 23.5 Å². The van der Waals surface area contributed by atoms with Crippen molar-refractivity contribution in [2.24, 2.45) is 4.99 Å². The van der Waals surface area contributed by atoms with Gasteiger partial charge in [0.25, 0.3) is 5.91 Å². The number of halogens is 2. The van der Waals surface area contributed by atoms with Crippen molar-refractivity contribution in [1.82, 2.24) is 15.1 Å². The number of carbonyl (C=O) groups excluding carboxylic acids is 1. The Morgan fingerprint density at radius 1 is 1.29 bits per heavy atom. The van der Waals surface area contributed by atoms with Crippen LogP contribution in [0, 0.1) is 11.2 Å². The summed E-state index contributed by atoms with van der Waals surface area (Å²) in [5.74, 6) is 0.101. The molecule has 0 saturated carbocycles. The van der Waals surface area contributed by atoms with Gasteiger partial charge in [-0.2, -0.15) is 0 Å². The molecule has 0 aliphatic carbocycles. The summed E-state index contributed by atoms with van der Waals surface area (Å²) in [5, 5.41) is 12.0. The van der Waals surface area contributed by atoms with Gasteiger partial charge in [-0.15, -0.1) is 0 Å². The van der Waals surface area contributed by atoms with Crippen molar-refractivity contribution in [2.45, 2.75) is 64.1 Å². The lowest BCUT2D eigenvalue weighted by atomic mass is 9.99. The third-order valence-electron chi connectivity index (χ3n) is 7.40. The molecule has 4 aliphatic heterocycles. The van der Waals surface area contributed by atoms with E-state index in [1.807, 2.05) is 6.92 Å². The second kappa shape index (κ2) is 9.74. The molecule has 0 aromatic heterocycles. The van der Waals surface area contributed by atoms with Gasteiger partial charge in [-0.3, -0.25) is 9.69 Å². The highest BCUT2D eigenvalue weighted by molar-refractivity contribution is 6.39. The van der Waals surface area contributed by atoms with Crippen LogP contribution in [0.2, 0.25) is 0 Å². The number of ether oxygens (including phenoxy) is 1. The van der Waals surface area contributed by atoms with E-state index in [1.54, 1.807) is 11.1 Å². The quantitative estimate of drug-likeness (QED) is 0.627. The summed E-state index contributed by atoms with van der Waals surface area (Å²) in [4.78, 5) is 22.0. The number of carbonyl (C=O) groups is 1. The van der Waals surface area contributed by atoms with Crippen molar-refractivity contribution in [1.29, 1.82) is 5.41 Å². The van der Waals surface area contributed by atoms with Crippen LogP contribution in [0.15, 0.2) is 45.3 Å². The molecule has 0 radical (unpaired) electrons. The molecule has 35 heavy (non-hydrogen) atoms. The Kier molecular flexibility index (Phi) is 6.68. The lowest BCUT2D eigenvalue weighted by Gasteiger charge is -2.39. The Bertz CT molecular complexity index is 1130. The summed E-state index contributed by atoms with van der Waals surface area (Å²) < 4.78 is 20.5. The van der Waals surface area contributed by atoms with E-state index in [2.05, 4.69) is 22.1 Å². The molecule has 2 N–H and O–H groups in total. The number of hydrogen-bond acceptors (Lipinski definition) is 6. The van der Waals surface area contributed by atoms with E-state index in [0.29, 0.717) is 39.8 Å². The van der Waals surface area contributed by atoms with E-state index >= 15 is 0 Å². The highest BCUT2D eigenvalue weighted by Crippen LogP contribution is 2.38. The Morgan fingerprint density at radius 2 is 2.03 bits per heavy atom. The minimum atomic E-state index is -0.431. The zero-order valence-electron chi connectivity index (χ0n) is 20.1. The van der Waals surface area contributed by atoms with Crippen molar-refractivity contribution < 1.29 is 13.9 Å². The normalized spacial score (nSPS) is 28.6. The molecule has 5 rings (SSSR count). The van der Waals surface area contributed by atoms with E-state index in [-0.39, 0.29) is 30.9 Å². The zero-order chi connectivity index (χ0) is 24.7. The Balaban J connectivity index is 1.33. The largest absolute Gasteiger partial charge is 0.489 e. The van der Waals surface area contributed by atoms with Gasteiger partial charge in [-0.05, 0) is 57.7 Å². The second-order valence-electron chi connectivity index (χ2n) is 9.80. The fourth-order valence-corrected chi connectivity index (χ4v) is 5.79. The topological polar surface area (TPSA) is 81.0 Å². The standard InChI is InChI=1S/C26H31ClFN5O2/c1-3-8-33-17-5-6-18(33)11-19(10-17)35-24-9-16(28)4-7-20(24)26(34)32-13-21(23(29)14-32)25-30-12-22(27)15(2)31-25/h4,7,9,12,17-19,29,31H,3,5-6,8,10-11,13-14H2,1-2H3/b25-21-,29-23?/t17-,18+,19+. The first-order valence-electron chi connectivity index (χ1n) is 12.3. The molecule has 3 saturated heterocycles. The molecule has 0 spiro atoms. The van der Waals surface area contributed by atoms with Crippen LogP contribution in [0.4, 0.5) is 4.39 Å². The summed E-state index contributed by atoms with van der Waals surface area (Å²) in [7, 11) is 0. The average Bonchev–Trinajstić information content (AvgIpc) is 3.32. The summed E-state index contributed by atoms with van der Waals surface area (Å²) in [6.45, 7) is 5.53. The smallest absolute Gasteiger partial charge is 0.258 e. The highest BCUT2D eigenvalue weighted by Gasteiger charge is 2.41. The molecule has 3 fully saturated rings. The first kappa shape index (κ1) is 24.0. The first-order chi connectivity index (χ1) is 16.8. The molecular weight excluding hydrogens is 469 g/mol. The molecule has 2 bridgehead atoms. The third kappa shape index (κ3) is 4.74. The summed E-state index contributed by atoms with van der Waals surface area (Å²) >= 11 is 6.07. The van der Waals surface area contributed by atoms with Crippen LogP contribution in [0.3, 0.4) is 0 Å². The zero-order valence-corrected chi connectivity index (χ0v) is 20.9. The van der Waals surface area contributed by atoms with Crippen molar-refractivity contribution in [3.63, 3.8) is 0 Å². The van der Waals surface area contributed by atoms with Gasteiger partial charge in [-0.25, -0.2) is 9.38 Å². The fraction of sp³-hybridized carbons (Fsp3) is 0.500. The van der Waals surface area contributed by atoms with Gasteiger partial charge >= 0.3 is 0 Å². The first-order valence-corrected chi connectivity index (χ1v) is 12.7. The SMILES string of the molecule is CCCN1[C@@H]2CC[C@H]1C[C@@H](Oc1cc(F)ccc1C(=O)N1CC(=N)/C(=C3/N=CC(Cl)=C(C)N3)C1)C2. The van der Waals surface area contributed by atoms with Gasteiger partial charge in [0, 0.05) is 35.6 Å². The van der Waals surface area contributed by atoms with E-state index in [9.17, 15) is 9.18 Å². The Labute approximate surface area is 210 Å². The summed E-state index contributed by atoms with van der Waals surface area (Å²) in [5.41, 5.74) is 2.03. The maximum atomic E-state index is 14.2. The van der Waals surface area contributed by atoms with Crippen molar-refractivity contribution >= 4 is 29.4 Å². The van der Waals surface area contributed by atoms with Gasteiger partial charge in [0.15, 0.2) is 0 Å². The summed E-state index contributed by atoms with van der Waals surface area (Å²) in [6, 6.07) is 5.09. The lowest BCUT2D eigenvalue weighted by molar-refractivity contribution is 0.0482. The number of fused-ring (bicyclic) bond motifs is 2. The number of piperidine rings is 1. The van der Waals surface area contributed by atoms with Gasteiger partial charge in [0.05, 0.1) is 29.4 Å². The minimum Gasteiger partial charge on any atom is -0.489 e. The van der Waals surface area contributed by atoms with E-state index in [4.69, 9.17) is 21.7 Å². The number of nitrogens with zero attached hydrogens (tertiary/aromatic N) is 3. The van der Waals surface area contributed by atoms with E-state index in [0.717, 1.165) is 31.5 Å². The van der Waals surface area contributed by atoms with Crippen LogP contribution in [0.5, 0.6) is 5.75 Å². The van der Waals surface area contributed by atoms with Crippen LogP contribution >= 0.6 is 11.6 Å². The number of allylic oxidation sites excluding steroid dienone is 2. The number of amides is 1. The van der Waals surface area contributed by atoms with Gasteiger partial charge < -0.3 is 20.4 Å². The summed E-state index contributed by atoms with van der Waals surface area (Å²) in [6.07, 6.45) is 6.76. The molecule has 7 nitrogen and oxygen atoms in total. The number of nitrogens with one attached hydrogen (secondary N) is 2. The van der Waals surface area contributed by atoms with Crippen LogP contribution in [0.1, 0.15) is 56.3 Å². The third-order valence-corrected chi connectivity index (χ3v) is 7.78. The van der Waals surface area contributed by atoms with Crippen LogP contribution in [-0.2, 0) is 0 Å². The number of likely N-dealkylation sites (tertiary alicyclic amines) is 1. The second-order valence-corrected chi connectivity index (χ2v) is 10.2. The molecule has 186 valence electrons. The number of hydrogen-bond donors (Lipinski definition) is 2. The van der Waals surface area contributed by atoms with E-state index < -0.39 is 5.82 Å². The molecule has 1 amide bonds. The van der Waals surface area contributed by atoms with Gasteiger partial charge in [0.2, 0.25) is 0 Å². The van der Waals surface area contributed by atoms with Gasteiger partial charge in [-0.1, -0.05) is 18.5 Å². The molecular formula is C26H31ClFN5O2. The predicted molar refractivity (Wildman–Crippen MR) is 135 cm³/mol. The Hall–Kier alpha value is -2.71. The molecule has 1 aromatic carbocycles. The molecule has 4 heterocycles.